The summed E-state index contributed by atoms with van der Waals surface area (Å²) in [6.45, 7) is 0.886. The van der Waals surface area contributed by atoms with Crippen molar-refractivity contribution < 1.29 is 0 Å². The lowest BCUT2D eigenvalue weighted by Gasteiger charge is -1.92. The van der Waals surface area contributed by atoms with Crippen LogP contribution in [0.3, 0.4) is 0 Å². The summed E-state index contributed by atoms with van der Waals surface area (Å²) in [5.74, 6) is 5.90. The highest BCUT2D eigenvalue weighted by Gasteiger charge is 1.93. The van der Waals surface area contributed by atoms with E-state index in [0.29, 0.717) is 10.7 Å². The van der Waals surface area contributed by atoms with E-state index in [9.17, 15) is 0 Å². The maximum Gasteiger partial charge on any atom is 0.131 e. The van der Waals surface area contributed by atoms with Gasteiger partial charge >= 0.3 is 0 Å². The van der Waals surface area contributed by atoms with Gasteiger partial charge in [-0.3, -0.25) is 0 Å². The molecule has 13 heavy (non-hydrogen) atoms. The van der Waals surface area contributed by atoms with Gasteiger partial charge in [-0.2, -0.15) is 0 Å². The van der Waals surface area contributed by atoms with Crippen LogP contribution in [-0.2, 0) is 0 Å². The van der Waals surface area contributed by atoms with Gasteiger partial charge in [0.1, 0.15) is 5.69 Å². The first-order valence-electron chi connectivity index (χ1n) is 4.08. The number of rotatable bonds is 2. The molecule has 1 aromatic heterocycles. The van der Waals surface area contributed by atoms with Crippen molar-refractivity contribution in [2.75, 3.05) is 13.6 Å². The Kier molecular flexibility index (Phi) is 4.31. The Bertz CT molecular complexity index is 325. The molecule has 1 rings (SSSR count). The Morgan fingerprint density at radius 3 is 3.15 bits per heavy atom. The summed E-state index contributed by atoms with van der Waals surface area (Å²) >= 11 is 5.86. The second-order valence-electron chi connectivity index (χ2n) is 2.49. The Morgan fingerprint density at radius 2 is 2.46 bits per heavy atom. The second-order valence-corrected chi connectivity index (χ2v) is 2.90. The number of nitrogens with one attached hydrogen (secondary N) is 1. The summed E-state index contributed by atoms with van der Waals surface area (Å²) in [5.41, 5.74) is 0.653. The third-order valence-corrected chi connectivity index (χ3v) is 1.77. The molecule has 0 bridgehead atoms. The average molecular weight is 195 g/mol. The van der Waals surface area contributed by atoms with E-state index in [-0.39, 0.29) is 0 Å². The molecule has 1 N–H and O–H groups in total. The molecule has 0 amide bonds. The van der Waals surface area contributed by atoms with Crippen molar-refractivity contribution in [3.8, 4) is 11.8 Å². The molecule has 0 aliphatic rings. The van der Waals surface area contributed by atoms with Crippen LogP contribution in [0, 0.1) is 11.8 Å². The predicted octanol–water partition coefficient (Wildman–Crippen LogP) is 1.70. The summed E-state index contributed by atoms with van der Waals surface area (Å²) in [6, 6.07) is 3.58. The molecule has 0 fully saturated rings. The zero-order chi connectivity index (χ0) is 9.52. The van der Waals surface area contributed by atoms with Crippen molar-refractivity contribution in [1.29, 1.82) is 0 Å². The van der Waals surface area contributed by atoms with E-state index in [0.717, 1.165) is 13.0 Å². The van der Waals surface area contributed by atoms with E-state index in [1.54, 1.807) is 18.3 Å². The molecule has 0 unspecified atom stereocenters. The molecule has 0 saturated carbocycles. The van der Waals surface area contributed by atoms with Crippen LogP contribution in [0.25, 0.3) is 0 Å². The molecule has 0 spiro atoms. The standard InChI is InChI=1S/C10H11ClN2/c1-12-7-3-2-6-10-9(11)5-4-8-13-10/h4-5,8,12H,3,7H2,1H3. The molecule has 0 aromatic carbocycles. The summed E-state index contributed by atoms with van der Waals surface area (Å²) < 4.78 is 0. The molecule has 3 heteroatoms. The highest BCUT2D eigenvalue weighted by molar-refractivity contribution is 6.31. The molecular formula is C10H11ClN2. The van der Waals surface area contributed by atoms with Crippen molar-refractivity contribution in [2.45, 2.75) is 6.42 Å². The fraction of sp³-hybridized carbons (Fsp3) is 0.300. The monoisotopic (exact) mass is 194 g/mol. The van der Waals surface area contributed by atoms with Gasteiger partial charge in [0.05, 0.1) is 5.02 Å². The van der Waals surface area contributed by atoms with E-state index >= 15 is 0 Å². The van der Waals surface area contributed by atoms with E-state index in [1.807, 2.05) is 7.05 Å². The summed E-state index contributed by atoms with van der Waals surface area (Å²) in [7, 11) is 1.90. The van der Waals surface area contributed by atoms with Crippen molar-refractivity contribution in [3.05, 3.63) is 29.0 Å². The number of aromatic nitrogens is 1. The third kappa shape index (κ3) is 3.45. The highest BCUT2D eigenvalue weighted by atomic mass is 35.5. The van der Waals surface area contributed by atoms with Crippen LogP contribution < -0.4 is 5.32 Å². The molecule has 0 atom stereocenters. The van der Waals surface area contributed by atoms with Crippen LogP contribution in [-0.4, -0.2) is 18.6 Å². The Morgan fingerprint density at radius 1 is 1.62 bits per heavy atom. The zero-order valence-corrected chi connectivity index (χ0v) is 8.23. The number of pyridine rings is 1. The molecule has 68 valence electrons. The minimum Gasteiger partial charge on any atom is -0.319 e. The molecule has 0 aliphatic heterocycles. The van der Waals surface area contributed by atoms with E-state index in [4.69, 9.17) is 11.6 Å². The molecule has 0 radical (unpaired) electrons. The van der Waals surface area contributed by atoms with Gasteiger partial charge in [-0.05, 0) is 25.1 Å². The molecule has 0 aliphatic carbocycles. The lowest BCUT2D eigenvalue weighted by atomic mass is 10.3. The van der Waals surface area contributed by atoms with Gasteiger partial charge in [0, 0.05) is 19.2 Å². The van der Waals surface area contributed by atoms with Crippen molar-refractivity contribution in [2.24, 2.45) is 0 Å². The number of halogens is 1. The minimum atomic E-state index is 0.611. The van der Waals surface area contributed by atoms with Crippen LogP contribution in [0.1, 0.15) is 12.1 Å². The molecule has 2 nitrogen and oxygen atoms in total. The number of hydrogen-bond donors (Lipinski definition) is 1. The zero-order valence-electron chi connectivity index (χ0n) is 7.47. The van der Waals surface area contributed by atoms with Crippen LogP contribution in [0.15, 0.2) is 18.3 Å². The third-order valence-electron chi connectivity index (χ3n) is 1.47. The van der Waals surface area contributed by atoms with Crippen LogP contribution >= 0.6 is 11.6 Å². The molecule has 1 heterocycles. The van der Waals surface area contributed by atoms with E-state index in [1.165, 1.54) is 0 Å². The normalized spacial score (nSPS) is 9.08. The Balaban J connectivity index is 2.61. The van der Waals surface area contributed by atoms with Crippen molar-refractivity contribution in [3.63, 3.8) is 0 Å². The quantitative estimate of drug-likeness (QED) is 0.573. The highest BCUT2D eigenvalue weighted by Crippen LogP contribution is 2.09. The fourth-order valence-electron chi connectivity index (χ4n) is 0.811. The van der Waals surface area contributed by atoms with Crippen LogP contribution in [0.5, 0.6) is 0 Å². The lowest BCUT2D eigenvalue weighted by Crippen LogP contribution is -2.05. The SMILES string of the molecule is CNCCC#Cc1ncccc1Cl. The minimum absolute atomic E-state index is 0.611. The number of nitrogens with zero attached hydrogens (tertiary/aromatic N) is 1. The topological polar surface area (TPSA) is 24.9 Å². The van der Waals surface area contributed by atoms with Gasteiger partial charge in [0.2, 0.25) is 0 Å². The fourth-order valence-corrected chi connectivity index (χ4v) is 0.980. The van der Waals surface area contributed by atoms with Gasteiger partial charge < -0.3 is 5.32 Å². The maximum absolute atomic E-state index is 5.86. The van der Waals surface area contributed by atoms with Gasteiger partial charge in [-0.25, -0.2) is 4.98 Å². The number of hydrogen-bond acceptors (Lipinski definition) is 2. The van der Waals surface area contributed by atoms with Gasteiger partial charge in [-0.15, -0.1) is 0 Å². The maximum atomic E-state index is 5.86. The van der Waals surface area contributed by atoms with Crippen LogP contribution in [0.4, 0.5) is 0 Å². The average Bonchev–Trinajstić information content (AvgIpc) is 2.15. The summed E-state index contributed by atoms with van der Waals surface area (Å²) in [5, 5.41) is 3.62. The Labute approximate surface area is 83.3 Å². The molecular weight excluding hydrogens is 184 g/mol. The first kappa shape index (κ1) is 10.0. The van der Waals surface area contributed by atoms with Gasteiger partial charge in [-0.1, -0.05) is 17.5 Å². The predicted molar refractivity (Wildman–Crippen MR) is 54.7 cm³/mol. The first-order valence-corrected chi connectivity index (χ1v) is 4.46. The van der Waals surface area contributed by atoms with Crippen molar-refractivity contribution >= 4 is 11.6 Å². The van der Waals surface area contributed by atoms with E-state index in [2.05, 4.69) is 22.1 Å². The lowest BCUT2D eigenvalue weighted by molar-refractivity contribution is 0.818. The van der Waals surface area contributed by atoms with Gasteiger partial charge in [0.25, 0.3) is 0 Å². The van der Waals surface area contributed by atoms with Crippen LogP contribution in [0.2, 0.25) is 5.02 Å². The largest absolute Gasteiger partial charge is 0.319 e. The molecule has 1 aromatic rings. The Hall–Kier alpha value is -1.04. The summed E-state index contributed by atoms with van der Waals surface area (Å²) in [4.78, 5) is 4.05. The molecule has 0 saturated heterocycles. The van der Waals surface area contributed by atoms with Crippen molar-refractivity contribution in [1.82, 2.24) is 10.3 Å². The van der Waals surface area contributed by atoms with Gasteiger partial charge in [0.15, 0.2) is 0 Å². The smallest absolute Gasteiger partial charge is 0.131 e. The summed E-state index contributed by atoms with van der Waals surface area (Å²) in [6.07, 6.45) is 2.50. The second kappa shape index (κ2) is 5.58. The first-order chi connectivity index (χ1) is 6.34. The van der Waals surface area contributed by atoms with E-state index < -0.39 is 0 Å².